The summed E-state index contributed by atoms with van der Waals surface area (Å²) in [5.74, 6) is -0.207. The van der Waals surface area contributed by atoms with Gasteiger partial charge in [-0.2, -0.15) is 5.10 Å². The van der Waals surface area contributed by atoms with Gasteiger partial charge in [-0.05, 0) is 18.6 Å². The lowest BCUT2D eigenvalue weighted by molar-refractivity contribution is -0.127. The van der Waals surface area contributed by atoms with E-state index in [0.717, 1.165) is 18.5 Å². The molecule has 2 aromatic carbocycles. The second kappa shape index (κ2) is 8.07. The Kier molecular flexibility index (Phi) is 5.11. The summed E-state index contributed by atoms with van der Waals surface area (Å²) in [6.07, 6.45) is 1.46. The van der Waals surface area contributed by atoms with Crippen molar-refractivity contribution in [3.05, 3.63) is 65.4 Å². The van der Waals surface area contributed by atoms with Gasteiger partial charge in [-0.25, -0.2) is 9.07 Å². The molecule has 156 valence electrons. The van der Waals surface area contributed by atoms with E-state index in [1.807, 2.05) is 35.2 Å². The molecular weight excluding hydrogens is 417 g/mol. The highest BCUT2D eigenvalue weighted by Gasteiger charge is 2.23. The molecule has 1 fully saturated rings. The van der Waals surface area contributed by atoms with Gasteiger partial charge in [0.15, 0.2) is 5.65 Å². The SMILES string of the molecule is O=C1CCCN1CCn1nc(-c2cccc(F)c2)c2c(Cl)c(-c3ccccc3)nnc21. The van der Waals surface area contributed by atoms with Crippen LogP contribution in [0.3, 0.4) is 0 Å². The maximum absolute atomic E-state index is 14.0. The molecule has 0 unspecified atom stereocenters. The van der Waals surface area contributed by atoms with E-state index >= 15 is 0 Å². The van der Waals surface area contributed by atoms with E-state index in [4.69, 9.17) is 16.7 Å². The molecule has 6 nitrogen and oxygen atoms in total. The van der Waals surface area contributed by atoms with Crippen molar-refractivity contribution in [1.29, 1.82) is 0 Å². The number of nitrogens with zero attached hydrogens (tertiary/aromatic N) is 5. The number of hydrogen-bond donors (Lipinski definition) is 0. The van der Waals surface area contributed by atoms with E-state index in [9.17, 15) is 9.18 Å². The molecule has 1 amide bonds. The van der Waals surface area contributed by atoms with E-state index in [1.165, 1.54) is 12.1 Å². The monoisotopic (exact) mass is 435 g/mol. The number of carbonyl (C=O) groups is 1. The molecule has 0 radical (unpaired) electrons. The molecule has 1 aliphatic rings. The number of amides is 1. The Morgan fingerprint density at radius 1 is 0.968 bits per heavy atom. The van der Waals surface area contributed by atoms with Gasteiger partial charge in [-0.15, -0.1) is 10.2 Å². The summed E-state index contributed by atoms with van der Waals surface area (Å²) in [4.78, 5) is 13.8. The van der Waals surface area contributed by atoms with Gasteiger partial charge < -0.3 is 4.90 Å². The van der Waals surface area contributed by atoms with Crippen LogP contribution in [0.1, 0.15) is 12.8 Å². The van der Waals surface area contributed by atoms with Crippen LogP contribution in [-0.4, -0.2) is 43.9 Å². The summed E-state index contributed by atoms with van der Waals surface area (Å²) < 4.78 is 15.7. The lowest BCUT2D eigenvalue weighted by atomic mass is 10.1. The van der Waals surface area contributed by atoms with Crippen molar-refractivity contribution in [3.8, 4) is 22.5 Å². The Bertz CT molecular complexity index is 1270. The average Bonchev–Trinajstić information content (AvgIpc) is 3.37. The van der Waals surface area contributed by atoms with Gasteiger partial charge in [0.1, 0.15) is 17.2 Å². The lowest BCUT2D eigenvalue weighted by Gasteiger charge is -2.15. The van der Waals surface area contributed by atoms with E-state index in [1.54, 1.807) is 16.8 Å². The van der Waals surface area contributed by atoms with Crippen LogP contribution >= 0.6 is 11.6 Å². The van der Waals surface area contributed by atoms with Crippen molar-refractivity contribution in [1.82, 2.24) is 24.9 Å². The molecule has 8 heteroatoms. The van der Waals surface area contributed by atoms with E-state index in [-0.39, 0.29) is 11.7 Å². The topological polar surface area (TPSA) is 63.9 Å². The van der Waals surface area contributed by atoms with Crippen molar-refractivity contribution >= 4 is 28.5 Å². The zero-order valence-electron chi connectivity index (χ0n) is 16.6. The van der Waals surface area contributed by atoms with Gasteiger partial charge >= 0.3 is 0 Å². The van der Waals surface area contributed by atoms with E-state index in [0.29, 0.717) is 52.5 Å². The highest BCUT2D eigenvalue weighted by atomic mass is 35.5. The molecule has 2 aromatic heterocycles. The summed E-state index contributed by atoms with van der Waals surface area (Å²) in [6.45, 7) is 1.73. The lowest BCUT2D eigenvalue weighted by Crippen LogP contribution is -2.28. The molecule has 4 aromatic rings. The minimum absolute atomic E-state index is 0.150. The van der Waals surface area contributed by atoms with Gasteiger partial charge in [-0.1, -0.05) is 54.1 Å². The number of halogens is 2. The van der Waals surface area contributed by atoms with Gasteiger partial charge in [0.05, 0.1) is 17.0 Å². The molecular formula is C23H19ClFN5O. The third-order valence-electron chi connectivity index (χ3n) is 5.50. The van der Waals surface area contributed by atoms with Crippen molar-refractivity contribution in [2.45, 2.75) is 19.4 Å². The summed E-state index contributed by atoms with van der Waals surface area (Å²) in [5, 5.41) is 14.5. The molecule has 0 bridgehead atoms. The van der Waals surface area contributed by atoms with Crippen LogP contribution < -0.4 is 0 Å². The van der Waals surface area contributed by atoms with Crippen LogP contribution in [0.2, 0.25) is 5.02 Å². The first-order valence-corrected chi connectivity index (χ1v) is 10.5. The zero-order valence-corrected chi connectivity index (χ0v) is 17.4. The predicted molar refractivity (Wildman–Crippen MR) is 117 cm³/mol. The van der Waals surface area contributed by atoms with Crippen molar-refractivity contribution < 1.29 is 9.18 Å². The molecule has 1 saturated heterocycles. The Hall–Kier alpha value is -3.32. The van der Waals surface area contributed by atoms with Crippen molar-refractivity contribution in [2.24, 2.45) is 0 Å². The molecule has 1 aliphatic heterocycles. The Labute approximate surface area is 183 Å². The van der Waals surface area contributed by atoms with Gasteiger partial charge in [0, 0.05) is 30.6 Å². The fraction of sp³-hybridized carbons (Fsp3) is 0.217. The fourth-order valence-corrected chi connectivity index (χ4v) is 4.27. The Morgan fingerprint density at radius 3 is 2.52 bits per heavy atom. The average molecular weight is 436 g/mol. The number of hydrogen-bond acceptors (Lipinski definition) is 4. The first-order chi connectivity index (χ1) is 15.1. The molecule has 3 heterocycles. The summed E-state index contributed by atoms with van der Waals surface area (Å²) in [7, 11) is 0. The summed E-state index contributed by atoms with van der Waals surface area (Å²) in [5.41, 5.74) is 3.04. The largest absolute Gasteiger partial charge is 0.341 e. The van der Waals surface area contributed by atoms with Crippen LogP contribution in [0, 0.1) is 5.82 Å². The molecule has 0 atom stereocenters. The second-order valence-corrected chi connectivity index (χ2v) is 7.87. The number of rotatable bonds is 5. The minimum Gasteiger partial charge on any atom is -0.341 e. The fourth-order valence-electron chi connectivity index (χ4n) is 3.95. The molecule has 0 saturated carbocycles. The number of fused-ring (bicyclic) bond motifs is 1. The minimum atomic E-state index is -0.357. The van der Waals surface area contributed by atoms with Crippen LogP contribution in [0.4, 0.5) is 4.39 Å². The van der Waals surface area contributed by atoms with E-state index in [2.05, 4.69) is 10.2 Å². The van der Waals surface area contributed by atoms with Crippen molar-refractivity contribution in [3.63, 3.8) is 0 Å². The van der Waals surface area contributed by atoms with Crippen LogP contribution in [0.25, 0.3) is 33.5 Å². The van der Waals surface area contributed by atoms with Crippen molar-refractivity contribution in [2.75, 3.05) is 13.1 Å². The third-order valence-corrected chi connectivity index (χ3v) is 5.86. The number of likely N-dealkylation sites (tertiary alicyclic amines) is 1. The molecule has 5 rings (SSSR count). The zero-order chi connectivity index (χ0) is 21.4. The first-order valence-electron chi connectivity index (χ1n) is 10.1. The van der Waals surface area contributed by atoms with Gasteiger partial charge in [-0.3, -0.25) is 4.79 Å². The quantitative estimate of drug-likeness (QED) is 0.460. The third kappa shape index (κ3) is 3.65. The smallest absolute Gasteiger partial charge is 0.222 e. The first kappa shape index (κ1) is 19.6. The molecule has 0 N–H and O–H groups in total. The summed E-state index contributed by atoms with van der Waals surface area (Å²) >= 11 is 6.82. The Morgan fingerprint density at radius 2 is 1.77 bits per heavy atom. The highest BCUT2D eigenvalue weighted by molar-refractivity contribution is 6.38. The van der Waals surface area contributed by atoms with E-state index < -0.39 is 0 Å². The number of carbonyl (C=O) groups excluding carboxylic acids is 1. The molecule has 31 heavy (non-hydrogen) atoms. The predicted octanol–water partition coefficient (Wildman–Crippen LogP) is 4.58. The maximum Gasteiger partial charge on any atom is 0.222 e. The van der Waals surface area contributed by atoms with Crippen LogP contribution in [-0.2, 0) is 11.3 Å². The summed E-state index contributed by atoms with van der Waals surface area (Å²) in [6, 6.07) is 15.8. The van der Waals surface area contributed by atoms with Gasteiger partial charge in [0.25, 0.3) is 0 Å². The normalized spacial score (nSPS) is 14.0. The standard InChI is InChI=1S/C23H19ClFN5O/c24-20-19-21(16-8-4-9-17(25)14-16)28-30(13-12-29-11-5-10-18(29)31)23(19)27-26-22(20)15-6-2-1-3-7-15/h1-4,6-9,14H,5,10-13H2. The van der Waals surface area contributed by atoms with Crippen LogP contribution in [0.15, 0.2) is 54.6 Å². The number of aromatic nitrogens is 4. The highest BCUT2D eigenvalue weighted by Crippen LogP contribution is 2.37. The van der Waals surface area contributed by atoms with Crippen LogP contribution in [0.5, 0.6) is 0 Å². The number of benzene rings is 2. The van der Waals surface area contributed by atoms with Gasteiger partial charge in [0.2, 0.25) is 5.91 Å². The maximum atomic E-state index is 14.0. The molecule has 0 aliphatic carbocycles. The molecule has 0 spiro atoms. The Balaban J connectivity index is 1.64. The second-order valence-electron chi connectivity index (χ2n) is 7.49.